The van der Waals surface area contributed by atoms with Gasteiger partial charge >= 0.3 is 0 Å². The average Bonchev–Trinajstić information content (AvgIpc) is 2.40. The smallest absolute Gasteiger partial charge is 0.172 e. The third-order valence-corrected chi connectivity index (χ3v) is 3.86. The minimum absolute atomic E-state index is 0.200. The summed E-state index contributed by atoms with van der Waals surface area (Å²) in [6.45, 7) is 0. The lowest BCUT2D eigenvalue weighted by molar-refractivity contribution is 0.111. The molecule has 4 heteroatoms. The molecule has 0 amide bonds. The molecule has 1 aromatic rings. The van der Waals surface area contributed by atoms with Gasteiger partial charge < -0.3 is 9.47 Å². The lowest BCUT2D eigenvalue weighted by Gasteiger charge is -2.24. The van der Waals surface area contributed by atoms with Crippen LogP contribution in [0.4, 0.5) is 0 Å². The number of carbonyl (C=O) groups excluding carboxylic acids is 1. The lowest BCUT2D eigenvalue weighted by atomic mass is 10.1. The van der Waals surface area contributed by atoms with E-state index in [2.05, 4.69) is 0 Å². The molecule has 1 heterocycles. The topological polar surface area (TPSA) is 35.5 Å². The summed E-state index contributed by atoms with van der Waals surface area (Å²) in [6.07, 6.45) is 3.07. The van der Waals surface area contributed by atoms with Gasteiger partial charge in [0, 0.05) is 0 Å². The number of rotatable bonds is 4. The fraction of sp³-hybridized carbons (Fsp3) is 0.462. The highest BCUT2D eigenvalue weighted by atomic mass is 32.2. The van der Waals surface area contributed by atoms with Crippen LogP contribution in [0.5, 0.6) is 11.5 Å². The Bertz CT molecular complexity index is 386. The molecule has 1 saturated heterocycles. The van der Waals surface area contributed by atoms with Gasteiger partial charge in [-0.15, -0.1) is 0 Å². The van der Waals surface area contributed by atoms with E-state index in [-0.39, 0.29) is 6.10 Å². The maximum absolute atomic E-state index is 11.0. The Kier molecular flexibility index (Phi) is 4.31. The van der Waals surface area contributed by atoms with Crippen molar-refractivity contribution in [3.8, 4) is 11.5 Å². The number of carbonyl (C=O) groups is 1. The summed E-state index contributed by atoms with van der Waals surface area (Å²) in [5, 5.41) is 0. The number of para-hydroxylation sites is 1. The maximum atomic E-state index is 11.0. The van der Waals surface area contributed by atoms with E-state index in [1.165, 1.54) is 0 Å². The van der Waals surface area contributed by atoms with E-state index in [1.54, 1.807) is 19.2 Å². The van der Waals surface area contributed by atoms with Crippen molar-refractivity contribution < 1.29 is 14.3 Å². The summed E-state index contributed by atoms with van der Waals surface area (Å²) in [5.74, 6) is 3.46. The van der Waals surface area contributed by atoms with Crippen LogP contribution in [-0.2, 0) is 0 Å². The van der Waals surface area contributed by atoms with Crippen molar-refractivity contribution in [3.05, 3.63) is 23.8 Å². The van der Waals surface area contributed by atoms with Crippen molar-refractivity contribution in [2.75, 3.05) is 18.6 Å². The standard InChI is InChI=1S/C13H16O3S/c1-15-12-4-2-3-10(9-14)13(12)16-11-5-7-17-8-6-11/h2-4,9,11H,5-8H2,1H3. The predicted molar refractivity (Wildman–Crippen MR) is 69.4 cm³/mol. The molecule has 0 saturated carbocycles. The molecule has 0 radical (unpaired) electrons. The third kappa shape index (κ3) is 2.94. The molecule has 0 spiro atoms. The van der Waals surface area contributed by atoms with Gasteiger partial charge in [0.1, 0.15) is 6.10 Å². The highest BCUT2D eigenvalue weighted by Gasteiger charge is 2.19. The highest BCUT2D eigenvalue weighted by Crippen LogP contribution is 2.33. The molecule has 0 aromatic heterocycles. The van der Waals surface area contributed by atoms with Crippen LogP contribution in [-0.4, -0.2) is 31.0 Å². The lowest BCUT2D eigenvalue weighted by Crippen LogP contribution is -2.22. The third-order valence-electron chi connectivity index (χ3n) is 2.81. The van der Waals surface area contributed by atoms with Crippen LogP contribution in [0.2, 0.25) is 0 Å². The Hall–Kier alpha value is -1.16. The molecule has 0 N–H and O–H groups in total. The second kappa shape index (κ2) is 5.96. The van der Waals surface area contributed by atoms with E-state index in [4.69, 9.17) is 9.47 Å². The van der Waals surface area contributed by atoms with Crippen LogP contribution >= 0.6 is 11.8 Å². The van der Waals surface area contributed by atoms with Crippen molar-refractivity contribution >= 4 is 18.0 Å². The molecule has 3 nitrogen and oxygen atoms in total. The van der Waals surface area contributed by atoms with E-state index in [0.717, 1.165) is 30.6 Å². The Labute approximate surface area is 105 Å². The first-order chi connectivity index (χ1) is 8.35. The highest BCUT2D eigenvalue weighted by molar-refractivity contribution is 7.99. The van der Waals surface area contributed by atoms with E-state index >= 15 is 0 Å². The molecule has 1 fully saturated rings. The number of hydrogen-bond acceptors (Lipinski definition) is 4. The quantitative estimate of drug-likeness (QED) is 0.772. The van der Waals surface area contributed by atoms with Crippen molar-refractivity contribution in [3.63, 3.8) is 0 Å². The molecule has 1 aliphatic heterocycles. The van der Waals surface area contributed by atoms with Gasteiger partial charge in [0.05, 0.1) is 12.7 Å². The van der Waals surface area contributed by atoms with Crippen LogP contribution in [0.3, 0.4) is 0 Å². The van der Waals surface area contributed by atoms with Gasteiger partial charge in [-0.05, 0) is 36.5 Å². The van der Waals surface area contributed by atoms with Gasteiger partial charge in [0.15, 0.2) is 17.8 Å². The average molecular weight is 252 g/mol. The summed E-state index contributed by atoms with van der Waals surface area (Å²) >= 11 is 1.95. The summed E-state index contributed by atoms with van der Waals surface area (Å²) in [4.78, 5) is 11.0. The largest absolute Gasteiger partial charge is 0.493 e. The van der Waals surface area contributed by atoms with Crippen molar-refractivity contribution in [1.29, 1.82) is 0 Å². The number of hydrogen-bond donors (Lipinski definition) is 0. The van der Waals surface area contributed by atoms with E-state index in [1.807, 2.05) is 17.8 Å². The molecule has 2 rings (SSSR count). The van der Waals surface area contributed by atoms with Gasteiger partial charge in [-0.2, -0.15) is 11.8 Å². The van der Waals surface area contributed by atoms with E-state index < -0.39 is 0 Å². The van der Waals surface area contributed by atoms with E-state index in [0.29, 0.717) is 17.1 Å². The first-order valence-corrected chi connectivity index (χ1v) is 6.87. The summed E-state index contributed by atoms with van der Waals surface area (Å²) < 4.78 is 11.2. The molecule has 92 valence electrons. The Balaban J connectivity index is 2.19. The zero-order valence-electron chi connectivity index (χ0n) is 9.85. The Morgan fingerprint density at radius 2 is 2.12 bits per heavy atom. The molecule has 17 heavy (non-hydrogen) atoms. The second-order valence-electron chi connectivity index (χ2n) is 3.93. The molecular formula is C13H16O3S. The van der Waals surface area contributed by atoms with Crippen LogP contribution < -0.4 is 9.47 Å². The van der Waals surface area contributed by atoms with Crippen LogP contribution in [0.15, 0.2) is 18.2 Å². The minimum Gasteiger partial charge on any atom is -0.493 e. The first-order valence-electron chi connectivity index (χ1n) is 5.71. The molecule has 0 atom stereocenters. The van der Waals surface area contributed by atoms with Gasteiger partial charge in [-0.25, -0.2) is 0 Å². The molecule has 0 aliphatic carbocycles. The SMILES string of the molecule is COc1cccc(C=O)c1OC1CCSCC1. The van der Waals surface area contributed by atoms with Crippen molar-refractivity contribution in [1.82, 2.24) is 0 Å². The molecular weight excluding hydrogens is 236 g/mol. The van der Waals surface area contributed by atoms with E-state index in [9.17, 15) is 4.79 Å². The number of benzene rings is 1. The van der Waals surface area contributed by atoms with Gasteiger partial charge in [0.25, 0.3) is 0 Å². The van der Waals surface area contributed by atoms with Gasteiger partial charge in [-0.1, -0.05) is 6.07 Å². The number of thioether (sulfide) groups is 1. The minimum atomic E-state index is 0.200. The summed E-state index contributed by atoms with van der Waals surface area (Å²) in [6, 6.07) is 5.37. The second-order valence-corrected chi connectivity index (χ2v) is 5.15. The van der Waals surface area contributed by atoms with Crippen LogP contribution in [0.25, 0.3) is 0 Å². The Morgan fingerprint density at radius 3 is 2.76 bits per heavy atom. The van der Waals surface area contributed by atoms with Crippen molar-refractivity contribution in [2.45, 2.75) is 18.9 Å². The fourth-order valence-electron chi connectivity index (χ4n) is 1.87. The molecule has 0 unspecified atom stereocenters. The van der Waals surface area contributed by atoms with Gasteiger partial charge in [0.2, 0.25) is 0 Å². The molecule has 1 aliphatic rings. The summed E-state index contributed by atoms with van der Waals surface area (Å²) in [7, 11) is 1.59. The zero-order valence-corrected chi connectivity index (χ0v) is 10.7. The fourth-order valence-corrected chi connectivity index (χ4v) is 2.94. The molecule has 1 aromatic carbocycles. The number of methoxy groups -OCH3 is 1. The maximum Gasteiger partial charge on any atom is 0.172 e. The Morgan fingerprint density at radius 1 is 1.35 bits per heavy atom. The van der Waals surface area contributed by atoms with Crippen LogP contribution in [0, 0.1) is 0 Å². The normalized spacial score (nSPS) is 16.5. The van der Waals surface area contributed by atoms with Gasteiger partial charge in [-0.3, -0.25) is 4.79 Å². The monoisotopic (exact) mass is 252 g/mol. The summed E-state index contributed by atoms with van der Waals surface area (Å²) in [5.41, 5.74) is 0.558. The number of ether oxygens (including phenoxy) is 2. The number of aldehydes is 1. The predicted octanol–water partition coefficient (Wildman–Crippen LogP) is 2.78. The van der Waals surface area contributed by atoms with Crippen LogP contribution in [0.1, 0.15) is 23.2 Å². The first kappa shape index (κ1) is 12.3. The van der Waals surface area contributed by atoms with Crippen molar-refractivity contribution in [2.24, 2.45) is 0 Å². The molecule has 0 bridgehead atoms. The zero-order chi connectivity index (χ0) is 12.1.